The van der Waals surface area contributed by atoms with Gasteiger partial charge in [0.1, 0.15) is 0 Å². The van der Waals surface area contributed by atoms with Crippen molar-refractivity contribution in [1.82, 2.24) is 15.1 Å². The summed E-state index contributed by atoms with van der Waals surface area (Å²) >= 11 is 0. The summed E-state index contributed by atoms with van der Waals surface area (Å²) in [5.41, 5.74) is 0. The molecule has 2 aliphatic rings. The molecule has 0 saturated carbocycles. The molecule has 2 heterocycles. The molecule has 1 unspecified atom stereocenters. The Labute approximate surface area is 104 Å². The van der Waals surface area contributed by atoms with Gasteiger partial charge in [0, 0.05) is 19.1 Å². The summed E-state index contributed by atoms with van der Waals surface area (Å²) in [5.74, 6) is 0.719. The smallest absolute Gasteiger partial charge is 0.317 e. The molecule has 0 aromatic heterocycles. The van der Waals surface area contributed by atoms with Gasteiger partial charge in [-0.15, -0.1) is 0 Å². The molecule has 2 saturated heterocycles. The number of nitrogens with zero attached hydrogens (tertiary/aromatic N) is 2. The highest BCUT2D eigenvalue weighted by molar-refractivity contribution is 5.74. The van der Waals surface area contributed by atoms with Gasteiger partial charge in [-0.3, -0.25) is 0 Å². The van der Waals surface area contributed by atoms with E-state index < -0.39 is 0 Å². The molecule has 0 aromatic carbocycles. The van der Waals surface area contributed by atoms with Crippen LogP contribution in [0.3, 0.4) is 0 Å². The van der Waals surface area contributed by atoms with Crippen LogP contribution in [0.25, 0.3) is 0 Å². The van der Waals surface area contributed by atoms with Gasteiger partial charge in [0.25, 0.3) is 0 Å². The summed E-state index contributed by atoms with van der Waals surface area (Å²) in [6.45, 7) is 6.03. The minimum absolute atomic E-state index is 0.147. The molecule has 4 nitrogen and oxygen atoms in total. The van der Waals surface area contributed by atoms with Crippen LogP contribution in [0, 0.1) is 5.92 Å². The van der Waals surface area contributed by atoms with E-state index in [4.69, 9.17) is 0 Å². The van der Waals surface area contributed by atoms with Crippen LogP contribution in [0.5, 0.6) is 0 Å². The first-order valence-corrected chi connectivity index (χ1v) is 6.95. The fourth-order valence-electron chi connectivity index (χ4n) is 3.20. The molecule has 0 bridgehead atoms. The number of nitrogens with one attached hydrogen (secondary N) is 1. The zero-order valence-electron chi connectivity index (χ0n) is 11.1. The molecule has 0 spiro atoms. The highest BCUT2D eigenvalue weighted by Gasteiger charge is 2.35. The minimum atomic E-state index is 0.147. The third-order valence-electron chi connectivity index (χ3n) is 4.20. The largest absolute Gasteiger partial charge is 0.338 e. The van der Waals surface area contributed by atoms with E-state index in [1.54, 1.807) is 0 Å². The van der Waals surface area contributed by atoms with Crippen LogP contribution in [0.15, 0.2) is 0 Å². The van der Waals surface area contributed by atoms with Gasteiger partial charge in [-0.05, 0) is 58.7 Å². The third-order valence-corrected chi connectivity index (χ3v) is 4.20. The van der Waals surface area contributed by atoms with Crippen LogP contribution < -0.4 is 5.32 Å². The highest BCUT2D eigenvalue weighted by atomic mass is 16.2. The molecular formula is C13H25N3O. The number of rotatable bonds is 2. The highest BCUT2D eigenvalue weighted by Crippen LogP contribution is 2.30. The van der Waals surface area contributed by atoms with Crippen molar-refractivity contribution < 1.29 is 4.79 Å². The number of piperidine rings is 1. The van der Waals surface area contributed by atoms with Crippen molar-refractivity contribution in [2.24, 2.45) is 5.92 Å². The van der Waals surface area contributed by atoms with Gasteiger partial charge in [-0.25, -0.2) is 4.79 Å². The summed E-state index contributed by atoms with van der Waals surface area (Å²) in [4.78, 5) is 16.4. The zero-order chi connectivity index (χ0) is 12.3. The van der Waals surface area contributed by atoms with Gasteiger partial charge in [-0.1, -0.05) is 0 Å². The monoisotopic (exact) mass is 239 g/mol. The Morgan fingerprint density at radius 1 is 1.24 bits per heavy atom. The molecule has 1 N–H and O–H groups in total. The first-order chi connectivity index (χ1) is 8.22. The Bertz CT molecular complexity index is 261. The first-order valence-electron chi connectivity index (χ1n) is 6.95. The number of likely N-dealkylation sites (tertiary alicyclic amines) is 2. The summed E-state index contributed by atoms with van der Waals surface area (Å²) in [6, 6.07) is 0.643. The maximum atomic E-state index is 12.0. The molecular weight excluding hydrogens is 214 g/mol. The predicted octanol–water partition coefficient (Wildman–Crippen LogP) is 1.52. The molecule has 0 radical (unpaired) electrons. The second kappa shape index (κ2) is 5.71. The van der Waals surface area contributed by atoms with Gasteiger partial charge >= 0.3 is 6.03 Å². The molecule has 0 aromatic rings. The van der Waals surface area contributed by atoms with Gasteiger partial charge in [0.15, 0.2) is 0 Å². The van der Waals surface area contributed by atoms with Crippen LogP contribution in [0.4, 0.5) is 4.79 Å². The van der Waals surface area contributed by atoms with Crippen LogP contribution >= 0.6 is 0 Å². The molecule has 98 valence electrons. The first kappa shape index (κ1) is 12.7. The fraction of sp³-hybridized carbons (Fsp3) is 0.923. The van der Waals surface area contributed by atoms with E-state index in [1.165, 1.54) is 38.8 Å². The van der Waals surface area contributed by atoms with E-state index in [2.05, 4.69) is 22.2 Å². The molecule has 2 rings (SSSR count). The topological polar surface area (TPSA) is 35.6 Å². The van der Waals surface area contributed by atoms with Crippen LogP contribution in [-0.4, -0.2) is 55.1 Å². The Morgan fingerprint density at radius 3 is 2.59 bits per heavy atom. The molecule has 0 aliphatic carbocycles. The number of carbonyl (C=O) groups excluding carboxylic acids is 1. The van der Waals surface area contributed by atoms with Gasteiger partial charge in [-0.2, -0.15) is 0 Å². The lowest BCUT2D eigenvalue weighted by molar-refractivity contribution is 0.132. The molecule has 2 fully saturated rings. The number of carbonyl (C=O) groups is 1. The van der Waals surface area contributed by atoms with E-state index >= 15 is 0 Å². The van der Waals surface area contributed by atoms with Crippen molar-refractivity contribution in [1.29, 1.82) is 0 Å². The van der Waals surface area contributed by atoms with Crippen LogP contribution in [-0.2, 0) is 0 Å². The Balaban J connectivity index is 1.92. The van der Waals surface area contributed by atoms with Gasteiger partial charge in [0.05, 0.1) is 0 Å². The average Bonchev–Trinajstić information content (AvgIpc) is 2.79. The van der Waals surface area contributed by atoms with Crippen molar-refractivity contribution in [2.75, 3.05) is 33.2 Å². The Morgan fingerprint density at radius 2 is 1.94 bits per heavy atom. The fourth-order valence-corrected chi connectivity index (χ4v) is 3.20. The maximum Gasteiger partial charge on any atom is 0.317 e. The number of hydrogen-bond donors (Lipinski definition) is 1. The summed E-state index contributed by atoms with van der Waals surface area (Å²) < 4.78 is 0. The zero-order valence-corrected chi connectivity index (χ0v) is 11.1. The van der Waals surface area contributed by atoms with Crippen molar-refractivity contribution in [3.63, 3.8) is 0 Å². The lowest BCUT2D eigenvalue weighted by atomic mass is 9.88. The molecule has 17 heavy (non-hydrogen) atoms. The van der Waals surface area contributed by atoms with Gasteiger partial charge in [0.2, 0.25) is 0 Å². The number of urea groups is 1. The van der Waals surface area contributed by atoms with Crippen LogP contribution in [0.1, 0.15) is 32.6 Å². The normalized spacial score (nSPS) is 27.4. The lowest BCUT2D eigenvalue weighted by Crippen LogP contribution is -2.47. The summed E-state index contributed by atoms with van der Waals surface area (Å²) in [7, 11) is 2.19. The summed E-state index contributed by atoms with van der Waals surface area (Å²) in [6.07, 6.45) is 4.87. The SMILES string of the molecule is CCNC(=O)N1CCCC1C1CCN(C)CC1. The van der Waals surface area contributed by atoms with E-state index in [0.29, 0.717) is 6.04 Å². The van der Waals surface area contributed by atoms with Crippen molar-refractivity contribution in [2.45, 2.75) is 38.6 Å². The second-order valence-corrected chi connectivity index (χ2v) is 5.38. The molecule has 2 amide bonds. The third kappa shape index (κ3) is 2.92. The molecule has 2 aliphatic heterocycles. The lowest BCUT2D eigenvalue weighted by Gasteiger charge is -2.36. The maximum absolute atomic E-state index is 12.0. The van der Waals surface area contributed by atoms with Gasteiger partial charge < -0.3 is 15.1 Å². The predicted molar refractivity (Wildman–Crippen MR) is 69.0 cm³/mol. The van der Waals surface area contributed by atoms with E-state index in [1.807, 2.05) is 6.92 Å². The summed E-state index contributed by atoms with van der Waals surface area (Å²) in [5, 5.41) is 2.94. The second-order valence-electron chi connectivity index (χ2n) is 5.38. The van der Waals surface area contributed by atoms with Crippen molar-refractivity contribution >= 4 is 6.03 Å². The molecule has 4 heteroatoms. The number of hydrogen-bond acceptors (Lipinski definition) is 2. The minimum Gasteiger partial charge on any atom is -0.338 e. The quantitative estimate of drug-likeness (QED) is 0.793. The number of amides is 2. The Hall–Kier alpha value is -0.770. The van der Waals surface area contributed by atoms with E-state index in [-0.39, 0.29) is 6.03 Å². The van der Waals surface area contributed by atoms with Crippen molar-refractivity contribution in [3.8, 4) is 0 Å². The standard InChI is InChI=1S/C13H25N3O/c1-3-14-13(17)16-8-4-5-12(16)11-6-9-15(2)10-7-11/h11-12H,3-10H2,1-2H3,(H,14,17). The average molecular weight is 239 g/mol. The van der Waals surface area contributed by atoms with E-state index in [0.717, 1.165) is 19.0 Å². The van der Waals surface area contributed by atoms with Crippen LogP contribution in [0.2, 0.25) is 0 Å². The van der Waals surface area contributed by atoms with Crippen molar-refractivity contribution in [3.05, 3.63) is 0 Å². The van der Waals surface area contributed by atoms with E-state index in [9.17, 15) is 4.79 Å². The Kier molecular flexibility index (Phi) is 4.26. The molecule has 1 atom stereocenters.